The lowest BCUT2D eigenvalue weighted by Gasteiger charge is -2.13. The number of nitrogens with two attached hydrogens (primary N) is 1. The van der Waals surface area contributed by atoms with Crippen LogP contribution in [0.2, 0.25) is 0 Å². The second-order valence-electron chi connectivity index (χ2n) is 4.50. The predicted octanol–water partition coefficient (Wildman–Crippen LogP) is 2.57. The van der Waals surface area contributed by atoms with E-state index in [-0.39, 0.29) is 18.2 Å². The van der Waals surface area contributed by atoms with Crippen LogP contribution in [-0.4, -0.2) is 18.2 Å². The van der Waals surface area contributed by atoms with Crippen LogP contribution in [0, 0.1) is 0 Å². The Morgan fingerprint density at radius 2 is 1.91 bits per heavy atom. The van der Waals surface area contributed by atoms with E-state index in [1.165, 1.54) is 13.2 Å². The number of aromatic hydroxyl groups is 1. The Balaban J connectivity index is 0.00000242. The van der Waals surface area contributed by atoms with Crippen molar-refractivity contribution in [2.24, 2.45) is 5.73 Å². The first-order chi connectivity index (χ1) is 10.1. The minimum absolute atomic E-state index is 0. The SMILES string of the molecule is COC(=O)[C@@H](N)c1ccc(OCc2ccccc2)cc1O.Cl. The summed E-state index contributed by atoms with van der Waals surface area (Å²) in [5, 5.41) is 9.94. The number of phenolic OH excluding ortho intramolecular Hbond substituents is 1. The molecule has 1 atom stereocenters. The highest BCUT2D eigenvalue weighted by Gasteiger charge is 2.20. The highest BCUT2D eigenvalue weighted by molar-refractivity contribution is 5.85. The van der Waals surface area contributed by atoms with E-state index in [1.807, 2.05) is 30.3 Å². The molecule has 0 aliphatic heterocycles. The van der Waals surface area contributed by atoms with E-state index in [9.17, 15) is 9.90 Å². The quantitative estimate of drug-likeness (QED) is 0.826. The molecule has 2 aromatic rings. The molecule has 0 fully saturated rings. The van der Waals surface area contributed by atoms with E-state index in [2.05, 4.69) is 4.74 Å². The van der Waals surface area contributed by atoms with E-state index < -0.39 is 12.0 Å². The Morgan fingerprint density at radius 1 is 1.23 bits per heavy atom. The van der Waals surface area contributed by atoms with Gasteiger partial charge in [-0.25, -0.2) is 0 Å². The number of rotatable bonds is 5. The van der Waals surface area contributed by atoms with Crippen LogP contribution < -0.4 is 10.5 Å². The zero-order chi connectivity index (χ0) is 15.2. The minimum atomic E-state index is -1.02. The van der Waals surface area contributed by atoms with Gasteiger partial charge in [0, 0.05) is 11.6 Å². The van der Waals surface area contributed by atoms with Crippen LogP contribution in [0.15, 0.2) is 48.5 Å². The summed E-state index contributed by atoms with van der Waals surface area (Å²) in [5.74, 6) is -0.209. The zero-order valence-electron chi connectivity index (χ0n) is 12.1. The van der Waals surface area contributed by atoms with E-state index in [1.54, 1.807) is 12.1 Å². The van der Waals surface area contributed by atoms with Crippen LogP contribution in [0.1, 0.15) is 17.2 Å². The van der Waals surface area contributed by atoms with Crippen LogP contribution in [0.5, 0.6) is 11.5 Å². The Kier molecular flexibility index (Phi) is 6.69. The molecule has 5 nitrogen and oxygen atoms in total. The van der Waals surface area contributed by atoms with Gasteiger partial charge < -0.3 is 20.3 Å². The molecule has 118 valence electrons. The van der Waals surface area contributed by atoms with E-state index >= 15 is 0 Å². The predicted molar refractivity (Wildman–Crippen MR) is 85.1 cm³/mol. The number of phenols is 1. The molecular weight excluding hydrogens is 306 g/mol. The lowest BCUT2D eigenvalue weighted by molar-refractivity contribution is -0.142. The van der Waals surface area contributed by atoms with Gasteiger partial charge in [0.05, 0.1) is 7.11 Å². The lowest BCUT2D eigenvalue weighted by atomic mass is 10.1. The van der Waals surface area contributed by atoms with Crippen molar-refractivity contribution in [3.63, 3.8) is 0 Å². The van der Waals surface area contributed by atoms with Crippen molar-refractivity contribution >= 4 is 18.4 Å². The lowest BCUT2D eigenvalue weighted by Crippen LogP contribution is -2.22. The van der Waals surface area contributed by atoms with Crippen LogP contribution in [-0.2, 0) is 16.1 Å². The fourth-order valence-electron chi connectivity index (χ4n) is 1.87. The first-order valence-electron chi connectivity index (χ1n) is 6.45. The molecule has 0 radical (unpaired) electrons. The Morgan fingerprint density at radius 3 is 2.50 bits per heavy atom. The maximum atomic E-state index is 11.4. The standard InChI is InChI=1S/C16H17NO4.ClH/c1-20-16(19)15(17)13-8-7-12(9-14(13)18)21-10-11-5-3-2-4-6-11;/h2-9,15,18H,10,17H2,1H3;1H/t15-;/m0./s1. The summed E-state index contributed by atoms with van der Waals surface area (Å²) >= 11 is 0. The molecule has 3 N–H and O–H groups in total. The van der Waals surface area contributed by atoms with Crippen molar-refractivity contribution in [1.29, 1.82) is 0 Å². The van der Waals surface area contributed by atoms with Gasteiger partial charge in [-0.3, -0.25) is 4.79 Å². The number of esters is 1. The normalized spacial score (nSPS) is 11.2. The second kappa shape index (κ2) is 8.26. The van der Waals surface area contributed by atoms with E-state index in [0.717, 1.165) is 5.56 Å². The molecule has 0 amide bonds. The van der Waals surface area contributed by atoms with Gasteiger partial charge >= 0.3 is 5.97 Å². The third-order valence-corrected chi connectivity index (χ3v) is 3.04. The number of methoxy groups -OCH3 is 1. The van der Waals surface area contributed by atoms with Crippen molar-refractivity contribution in [1.82, 2.24) is 0 Å². The monoisotopic (exact) mass is 323 g/mol. The van der Waals surface area contributed by atoms with E-state index in [4.69, 9.17) is 10.5 Å². The summed E-state index contributed by atoms with van der Waals surface area (Å²) < 4.78 is 10.1. The highest BCUT2D eigenvalue weighted by Crippen LogP contribution is 2.28. The van der Waals surface area contributed by atoms with Gasteiger partial charge in [0.1, 0.15) is 24.1 Å². The number of carbonyl (C=O) groups is 1. The topological polar surface area (TPSA) is 81.8 Å². The fourth-order valence-corrected chi connectivity index (χ4v) is 1.87. The third-order valence-electron chi connectivity index (χ3n) is 3.04. The molecule has 0 aliphatic rings. The first-order valence-corrected chi connectivity index (χ1v) is 6.45. The van der Waals surface area contributed by atoms with Gasteiger partial charge in [-0.2, -0.15) is 0 Å². The average molecular weight is 324 g/mol. The van der Waals surface area contributed by atoms with Crippen LogP contribution in [0.25, 0.3) is 0 Å². The molecule has 22 heavy (non-hydrogen) atoms. The number of hydrogen-bond donors (Lipinski definition) is 2. The molecule has 0 heterocycles. The van der Waals surface area contributed by atoms with Crippen molar-refractivity contribution in [2.45, 2.75) is 12.6 Å². The largest absolute Gasteiger partial charge is 0.507 e. The molecule has 0 aromatic heterocycles. The molecular formula is C16H18ClNO4. The molecule has 2 aromatic carbocycles. The maximum Gasteiger partial charge on any atom is 0.327 e. The molecule has 2 rings (SSSR count). The van der Waals surface area contributed by atoms with Gasteiger partial charge in [0.15, 0.2) is 0 Å². The highest BCUT2D eigenvalue weighted by atomic mass is 35.5. The smallest absolute Gasteiger partial charge is 0.327 e. The van der Waals surface area contributed by atoms with Crippen molar-refractivity contribution in [3.8, 4) is 11.5 Å². The van der Waals surface area contributed by atoms with Gasteiger partial charge in [-0.1, -0.05) is 30.3 Å². The second-order valence-corrected chi connectivity index (χ2v) is 4.50. The summed E-state index contributed by atoms with van der Waals surface area (Å²) in [6, 6.07) is 13.3. The number of halogens is 1. The molecule has 0 saturated heterocycles. The number of carbonyl (C=O) groups excluding carboxylic acids is 1. The average Bonchev–Trinajstić information content (AvgIpc) is 2.52. The third kappa shape index (κ3) is 4.38. The van der Waals surface area contributed by atoms with Crippen molar-refractivity contribution < 1.29 is 19.4 Å². The molecule has 0 spiro atoms. The van der Waals surface area contributed by atoms with Crippen LogP contribution in [0.4, 0.5) is 0 Å². The Bertz CT molecular complexity index is 619. The summed E-state index contributed by atoms with van der Waals surface area (Å²) in [5.41, 5.74) is 7.01. The summed E-state index contributed by atoms with van der Waals surface area (Å²) in [7, 11) is 1.25. The van der Waals surface area contributed by atoms with Gasteiger partial charge in [0.25, 0.3) is 0 Å². The van der Waals surface area contributed by atoms with Gasteiger partial charge in [-0.05, 0) is 17.7 Å². The zero-order valence-corrected chi connectivity index (χ0v) is 12.9. The number of ether oxygens (including phenoxy) is 2. The fraction of sp³-hybridized carbons (Fsp3) is 0.188. The molecule has 6 heteroatoms. The van der Waals surface area contributed by atoms with Crippen LogP contribution >= 0.6 is 12.4 Å². The summed E-state index contributed by atoms with van der Waals surface area (Å²) in [4.78, 5) is 11.4. The van der Waals surface area contributed by atoms with Crippen molar-refractivity contribution in [2.75, 3.05) is 7.11 Å². The molecule has 0 bridgehead atoms. The Hall–Kier alpha value is -2.24. The van der Waals surface area contributed by atoms with E-state index in [0.29, 0.717) is 17.9 Å². The van der Waals surface area contributed by atoms with Gasteiger partial charge in [-0.15, -0.1) is 12.4 Å². The summed E-state index contributed by atoms with van der Waals surface area (Å²) in [6.07, 6.45) is 0. The Labute approximate surface area is 135 Å². The number of hydrogen-bond acceptors (Lipinski definition) is 5. The maximum absolute atomic E-state index is 11.4. The minimum Gasteiger partial charge on any atom is -0.507 e. The molecule has 0 unspecified atom stereocenters. The number of benzene rings is 2. The summed E-state index contributed by atoms with van der Waals surface area (Å²) in [6.45, 7) is 0.392. The van der Waals surface area contributed by atoms with Crippen LogP contribution in [0.3, 0.4) is 0 Å². The van der Waals surface area contributed by atoms with Gasteiger partial charge in [0.2, 0.25) is 0 Å². The molecule has 0 aliphatic carbocycles. The molecule has 0 saturated carbocycles. The first kappa shape index (κ1) is 17.8. The van der Waals surface area contributed by atoms with Crippen molar-refractivity contribution in [3.05, 3.63) is 59.7 Å².